The van der Waals surface area contributed by atoms with Crippen LogP contribution in [-0.2, 0) is 0 Å². The van der Waals surface area contributed by atoms with E-state index in [2.05, 4.69) is 21.2 Å². The molecule has 0 aliphatic carbocycles. The highest BCUT2D eigenvalue weighted by molar-refractivity contribution is 7.10. The van der Waals surface area contributed by atoms with E-state index in [0.29, 0.717) is 24.3 Å². The first-order valence-electron chi connectivity index (χ1n) is 10.4. The number of hydrogen-bond acceptors (Lipinski definition) is 4. The van der Waals surface area contributed by atoms with Crippen molar-refractivity contribution in [2.24, 2.45) is 0 Å². The largest absolute Gasteiger partial charge is 0.367 e. The molecule has 1 saturated heterocycles. The third-order valence-electron chi connectivity index (χ3n) is 5.65. The molecule has 4 nitrogen and oxygen atoms in total. The summed E-state index contributed by atoms with van der Waals surface area (Å²) in [7, 11) is 0. The molecule has 1 N–H and O–H groups in total. The zero-order chi connectivity index (χ0) is 21.8. The summed E-state index contributed by atoms with van der Waals surface area (Å²) < 4.78 is 27.7. The highest BCUT2D eigenvalue weighted by Crippen LogP contribution is 2.30. The molecule has 0 radical (unpaired) electrons. The molecule has 1 amide bonds. The minimum absolute atomic E-state index is 0.0136. The van der Waals surface area contributed by atoms with Gasteiger partial charge in [-0.15, -0.1) is 11.3 Å². The topological polar surface area (TPSA) is 35.6 Å². The van der Waals surface area contributed by atoms with Crippen LogP contribution in [0.5, 0.6) is 0 Å². The molecule has 1 aliphatic heterocycles. The second kappa shape index (κ2) is 9.58. The van der Waals surface area contributed by atoms with Crippen molar-refractivity contribution in [3.05, 3.63) is 88.1 Å². The summed E-state index contributed by atoms with van der Waals surface area (Å²) in [4.78, 5) is 18.3. The second-order valence-corrected chi connectivity index (χ2v) is 8.69. The van der Waals surface area contributed by atoms with Crippen LogP contribution in [0.25, 0.3) is 0 Å². The number of nitrogens with one attached hydrogen (secondary N) is 1. The van der Waals surface area contributed by atoms with Gasteiger partial charge in [0.1, 0.15) is 11.6 Å². The van der Waals surface area contributed by atoms with Gasteiger partial charge < -0.3 is 10.2 Å². The maximum Gasteiger partial charge on any atom is 0.251 e. The Labute approximate surface area is 185 Å². The second-order valence-electron chi connectivity index (χ2n) is 7.71. The molecular formula is C24H25F2N3OS. The minimum Gasteiger partial charge on any atom is -0.367 e. The molecule has 0 saturated carbocycles. The smallest absolute Gasteiger partial charge is 0.251 e. The number of para-hydroxylation sites is 1. The van der Waals surface area contributed by atoms with Crippen LogP contribution >= 0.6 is 11.3 Å². The molecule has 4 rings (SSSR count). The first kappa shape index (κ1) is 21.5. The normalized spacial score (nSPS) is 16.7. The first-order chi connectivity index (χ1) is 15.0. The Morgan fingerprint density at radius 2 is 1.77 bits per heavy atom. The Morgan fingerprint density at radius 3 is 2.45 bits per heavy atom. The van der Waals surface area contributed by atoms with Crippen LogP contribution in [0.15, 0.2) is 66.0 Å². The molecule has 0 spiro atoms. The van der Waals surface area contributed by atoms with Crippen molar-refractivity contribution in [1.29, 1.82) is 0 Å². The molecule has 1 aliphatic rings. The number of benzene rings is 2. The highest BCUT2D eigenvalue weighted by atomic mass is 32.1. The van der Waals surface area contributed by atoms with Gasteiger partial charge in [-0.05, 0) is 48.7 Å². The minimum atomic E-state index is -0.431. The molecule has 1 aromatic heterocycles. The Hall–Kier alpha value is -2.77. The fourth-order valence-electron chi connectivity index (χ4n) is 4.15. The number of carbonyl (C=O) groups excluding carboxylic acids is 1. The lowest BCUT2D eigenvalue weighted by atomic mass is 10.0. The van der Waals surface area contributed by atoms with Gasteiger partial charge in [-0.25, -0.2) is 8.78 Å². The van der Waals surface area contributed by atoms with Crippen molar-refractivity contribution in [3.8, 4) is 0 Å². The predicted molar refractivity (Wildman–Crippen MR) is 121 cm³/mol. The molecule has 31 heavy (non-hydrogen) atoms. The van der Waals surface area contributed by atoms with E-state index < -0.39 is 5.82 Å². The standard InChI is InChI=1S/C24H25F2N3OS/c1-17(27-24(30)18-6-4-7-19(25)16-18)23(22-10-5-15-31-22)29-13-11-28(12-14-29)21-9-3-2-8-20(21)26/h2-10,15-17,23H,11-14H2,1H3,(H,27,30)/t17-,23-/m0/s1. The van der Waals surface area contributed by atoms with Gasteiger partial charge in [0, 0.05) is 42.7 Å². The predicted octanol–water partition coefficient (Wildman–Crippen LogP) is 4.71. The number of piperazine rings is 1. The maximum atomic E-state index is 14.2. The van der Waals surface area contributed by atoms with Gasteiger partial charge in [-0.1, -0.05) is 24.3 Å². The fourth-order valence-corrected chi connectivity index (χ4v) is 5.11. The quantitative estimate of drug-likeness (QED) is 0.602. The van der Waals surface area contributed by atoms with E-state index in [-0.39, 0.29) is 23.8 Å². The molecule has 2 heterocycles. The van der Waals surface area contributed by atoms with E-state index in [9.17, 15) is 13.6 Å². The number of hydrogen-bond donors (Lipinski definition) is 1. The third kappa shape index (κ3) is 4.94. The van der Waals surface area contributed by atoms with Crippen molar-refractivity contribution >= 4 is 22.9 Å². The molecule has 2 atom stereocenters. The number of anilines is 1. The first-order valence-corrected chi connectivity index (χ1v) is 11.2. The number of thiophene rings is 1. The van der Waals surface area contributed by atoms with E-state index in [1.807, 2.05) is 30.5 Å². The summed E-state index contributed by atoms with van der Waals surface area (Å²) >= 11 is 1.65. The summed E-state index contributed by atoms with van der Waals surface area (Å²) in [5.41, 5.74) is 0.934. The maximum absolute atomic E-state index is 14.2. The molecule has 3 aromatic rings. The van der Waals surface area contributed by atoms with Crippen LogP contribution in [0.2, 0.25) is 0 Å². The third-order valence-corrected chi connectivity index (χ3v) is 6.60. The van der Waals surface area contributed by atoms with Gasteiger partial charge in [0.25, 0.3) is 5.91 Å². The number of rotatable bonds is 6. The van der Waals surface area contributed by atoms with Crippen molar-refractivity contribution in [3.63, 3.8) is 0 Å². The summed E-state index contributed by atoms with van der Waals surface area (Å²) in [5.74, 6) is -0.931. The van der Waals surface area contributed by atoms with Gasteiger partial charge in [-0.2, -0.15) is 0 Å². The van der Waals surface area contributed by atoms with Crippen molar-refractivity contribution < 1.29 is 13.6 Å². The van der Waals surface area contributed by atoms with E-state index in [1.165, 1.54) is 24.3 Å². The number of nitrogens with zero attached hydrogens (tertiary/aromatic N) is 2. The van der Waals surface area contributed by atoms with Crippen molar-refractivity contribution in [1.82, 2.24) is 10.2 Å². The van der Waals surface area contributed by atoms with Crippen LogP contribution in [0, 0.1) is 11.6 Å². The van der Waals surface area contributed by atoms with E-state index >= 15 is 0 Å². The van der Waals surface area contributed by atoms with Crippen LogP contribution in [-0.4, -0.2) is 43.0 Å². The van der Waals surface area contributed by atoms with Gasteiger partial charge in [0.2, 0.25) is 0 Å². The van der Waals surface area contributed by atoms with E-state index in [0.717, 1.165) is 18.0 Å². The molecule has 7 heteroatoms. The molecule has 0 bridgehead atoms. The summed E-state index contributed by atoms with van der Waals surface area (Å²) in [5, 5.41) is 5.07. The van der Waals surface area contributed by atoms with E-state index in [1.54, 1.807) is 23.5 Å². The number of carbonyl (C=O) groups is 1. The Morgan fingerprint density at radius 1 is 1.00 bits per heavy atom. The Balaban J connectivity index is 1.47. The Kier molecular flexibility index (Phi) is 6.63. The van der Waals surface area contributed by atoms with Crippen LogP contribution in [0.1, 0.15) is 28.2 Å². The fraction of sp³-hybridized carbons (Fsp3) is 0.292. The molecular weight excluding hydrogens is 416 g/mol. The van der Waals surface area contributed by atoms with Gasteiger partial charge in [0.15, 0.2) is 0 Å². The molecule has 0 unspecified atom stereocenters. The number of halogens is 2. The van der Waals surface area contributed by atoms with Crippen LogP contribution in [0.4, 0.5) is 14.5 Å². The van der Waals surface area contributed by atoms with E-state index in [4.69, 9.17) is 0 Å². The van der Waals surface area contributed by atoms with Crippen LogP contribution < -0.4 is 10.2 Å². The lowest BCUT2D eigenvalue weighted by molar-refractivity contribution is 0.0890. The lowest BCUT2D eigenvalue weighted by Crippen LogP contribution is -2.52. The zero-order valence-electron chi connectivity index (χ0n) is 17.3. The molecule has 1 fully saturated rings. The van der Waals surface area contributed by atoms with Gasteiger partial charge in [0.05, 0.1) is 11.7 Å². The summed E-state index contributed by atoms with van der Waals surface area (Å²) in [6.45, 7) is 4.87. The Bertz CT molecular complexity index is 1020. The average molecular weight is 442 g/mol. The summed E-state index contributed by atoms with van der Waals surface area (Å²) in [6.07, 6.45) is 0. The molecule has 162 valence electrons. The van der Waals surface area contributed by atoms with Gasteiger partial charge in [-0.3, -0.25) is 9.69 Å². The lowest BCUT2D eigenvalue weighted by Gasteiger charge is -2.42. The summed E-state index contributed by atoms with van der Waals surface area (Å²) in [6, 6.07) is 16.4. The molecule has 2 aromatic carbocycles. The van der Waals surface area contributed by atoms with Crippen molar-refractivity contribution in [2.45, 2.75) is 19.0 Å². The van der Waals surface area contributed by atoms with Crippen molar-refractivity contribution in [2.75, 3.05) is 31.1 Å². The van der Waals surface area contributed by atoms with Gasteiger partial charge >= 0.3 is 0 Å². The average Bonchev–Trinajstić information content (AvgIpc) is 3.29. The SMILES string of the molecule is C[C@H](NC(=O)c1cccc(F)c1)[C@@H](c1cccs1)N1CCN(c2ccccc2F)CC1. The highest BCUT2D eigenvalue weighted by Gasteiger charge is 2.31. The monoisotopic (exact) mass is 441 g/mol. The van der Waals surface area contributed by atoms with Crippen LogP contribution in [0.3, 0.4) is 0 Å². The number of amides is 1. The zero-order valence-corrected chi connectivity index (χ0v) is 18.1.